The molecule has 1 aromatic rings. The van der Waals surface area contributed by atoms with Crippen LogP contribution in [-0.2, 0) is 20.9 Å². The second-order valence-electron chi connectivity index (χ2n) is 7.29. The zero-order chi connectivity index (χ0) is 19.6. The van der Waals surface area contributed by atoms with Crippen molar-refractivity contribution >= 4 is 17.7 Å². The maximum absolute atomic E-state index is 13.5. The number of piperazine rings is 1. The van der Waals surface area contributed by atoms with Gasteiger partial charge < -0.3 is 15.5 Å². The monoisotopic (exact) mass is 376 g/mol. The van der Waals surface area contributed by atoms with Gasteiger partial charge in [0.15, 0.2) is 0 Å². The van der Waals surface area contributed by atoms with Gasteiger partial charge in [0.05, 0.1) is 0 Å². The lowest BCUT2D eigenvalue weighted by Gasteiger charge is -2.42. The van der Waals surface area contributed by atoms with Crippen molar-refractivity contribution in [2.75, 3.05) is 19.6 Å². The molecule has 3 amide bonds. The zero-order valence-electron chi connectivity index (χ0n) is 15.6. The minimum atomic E-state index is -0.510. The van der Waals surface area contributed by atoms with Crippen LogP contribution < -0.4 is 10.6 Å². The Hall–Kier alpha value is -2.48. The minimum absolute atomic E-state index is 0.00325. The molecular weight excluding hydrogens is 351 g/mol. The summed E-state index contributed by atoms with van der Waals surface area (Å²) in [6, 6.07) is 5.74. The number of carbonyl (C=O) groups is 3. The first-order valence-corrected chi connectivity index (χ1v) is 9.14. The van der Waals surface area contributed by atoms with Gasteiger partial charge in [-0.3, -0.25) is 19.3 Å². The molecule has 3 atom stereocenters. The summed E-state index contributed by atoms with van der Waals surface area (Å²) >= 11 is 0. The topological polar surface area (TPSA) is 81.8 Å². The number of nitrogens with zero attached hydrogens (tertiary/aromatic N) is 2. The number of hydrogen-bond acceptors (Lipinski definition) is 4. The Kier molecular flexibility index (Phi) is 5.74. The molecule has 2 aliphatic heterocycles. The highest BCUT2D eigenvalue weighted by Gasteiger charge is 2.45. The standard InChI is InChI=1S/C19H25FN4O3/c1-12(25)21-8-18-19(27)24-10-16(22-13(2)26)7-17(24)11-23(18)9-14-4-3-5-15(20)6-14/h3-6,16-18H,7-11H2,1-2H3,(H,21,25)(H,22,26)/t16-,17-,18-/m0/s1. The van der Waals surface area contributed by atoms with Crippen LogP contribution in [0.1, 0.15) is 25.8 Å². The van der Waals surface area contributed by atoms with E-state index in [1.54, 1.807) is 11.0 Å². The molecule has 1 aromatic carbocycles. The highest BCUT2D eigenvalue weighted by atomic mass is 19.1. The Bertz CT molecular complexity index is 741. The second-order valence-corrected chi connectivity index (χ2v) is 7.29. The summed E-state index contributed by atoms with van der Waals surface area (Å²) in [7, 11) is 0. The third kappa shape index (κ3) is 4.63. The third-order valence-corrected chi connectivity index (χ3v) is 5.10. The van der Waals surface area contributed by atoms with E-state index in [1.807, 2.05) is 11.0 Å². The van der Waals surface area contributed by atoms with E-state index >= 15 is 0 Å². The normalized spacial score (nSPS) is 25.2. The molecule has 2 saturated heterocycles. The van der Waals surface area contributed by atoms with E-state index < -0.39 is 6.04 Å². The van der Waals surface area contributed by atoms with Gasteiger partial charge in [-0.15, -0.1) is 0 Å². The average Bonchev–Trinajstić information content (AvgIpc) is 2.96. The van der Waals surface area contributed by atoms with Crippen LogP contribution in [-0.4, -0.2) is 65.3 Å². The van der Waals surface area contributed by atoms with E-state index in [4.69, 9.17) is 0 Å². The van der Waals surface area contributed by atoms with Crippen LogP contribution in [0, 0.1) is 5.82 Å². The summed E-state index contributed by atoms with van der Waals surface area (Å²) < 4.78 is 13.5. The van der Waals surface area contributed by atoms with Crippen molar-refractivity contribution in [2.24, 2.45) is 0 Å². The molecule has 2 N–H and O–H groups in total. The predicted molar refractivity (Wildman–Crippen MR) is 97.0 cm³/mol. The van der Waals surface area contributed by atoms with Gasteiger partial charge in [0.25, 0.3) is 0 Å². The smallest absolute Gasteiger partial charge is 0.242 e. The molecule has 0 radical (unpaired) electrons. The summed E-state index contributed by atoms with van der Waals surface area (Å²) in [6.07, 6.45) is 0.692. The summed E-state index contributed by atoms with van der Waals surface area (Å²) in [4.78, 5) is 39.6. The van der Waals surface area contributed by atoms with E-state index in [9.17, 15) is 18.8 Å². The Balaban J connectivity index is 1.78. The van der Waals surface area contributed by atoms with Gasteiger partial charge in [-0.05, 0) is 24.1 Å². The molecule has 0 bridgehead atoms. The highest BCUT2D eigenvalue weighted by molar-refractivity contribution is 5.85. The highest BCUT2D eigenvalue weighted by Crippen LogP contribution is 2.27. The second kappa shape index (κ2) is 8.04. The van der Waals surface area contributed by atoms with Crippen LogP contribution in [0.3, 0.4) is 0 Å². The summed E-state index contributed by atoms with van der Waals surface area (Å²) in [6.45, 7) is 4.60. The molecule has 2 aliphatic rings. The van der Waals surface area contributed by atoms with E-state index in [0.29, 0.717) is 26.1 Å². The van der Waals surface area contributed by atoms with Crippen LogP contribution in [0.15, 0.2) is 24.3 Å². The van der Waals surface area contributed by atoms with Crippen molar-refractivity contribution in [2.45, 2.75) is 44.9 Å². The number of nitrogens with one attached hydrogen (secondary N) is 2. The first-order valence-electron chi connectivity index (χ1n) is 9.14. The quantitative estimate of drug-likeness (QED) is 0.772. The molecule has 3 rings (SSSR count). The molecule has 146 valence electrons. The van der Waals surface area contributed by atoms with Gasteiger partial charge in [-0.1, -0.05) is 12.1 Å². The minimum Gasteiger partial charge on any atom is -0.354 e. The zero-order valence-corrected chi connectivity index (χ0v) is 15.6. The maximum Gasteiger partial charge on any atom is 0.242 e. The fourth-order valence-corrected chi connectivity index (χ4v) is 4.00. The number of rotatable bonds is 5. The largest absolute Gasteiger partial charge is 0.354 e. The van der Waals surface area contributed by atoms with Gasteiger partial charge in [0, 0.05) is 52.1 Å². The lowest BCUT2D eigenvalue weighted by atomic mass is 10.0. The van der Waals surface area contributed by atoms with Crippen LogP contribution in [0.4, 0.5) is 4.39 Å². The number of benzene rings is 1. The fraction of sp³-hybridized carbons (Fsp3) is 0.526. The fourth-order valence-electron chi connectivity index (χ4n) is 4.00. The van der Waals surface area contributed by atoms with Gasteiger partial charge in [0.2, 0.25) is 17.7 Å². The van der Waals surface area contributed by atoms with Gasteiger partial charge in [-0.25, -0.2) is 4.39 Å². The Morgan fingerprint density at radius 2 is 2.00 bits per heavy atom. The molecule has 27 heavy (non-hydrogen) atoms. The van der Waals surface area contributed by atoms with Crippen LogP contribution >= 0.6 is 0 Å². The lowest BCUT2D eigenvalue weighted by Crippen LogP contribution is -2.62. The number of hydrogen-bond donors (Lipinski definition) is 2. The molecule has 0 aliphatic carbocycles. The van der Waals surface area contributed by atoms with Crippen molar-refractivity contribution in [3.05, 3.63) is 35.6 Å². The van der Waals surface area contributed by atoms with E-state index in [-0.39, 0.29) is 42.2 Å². The van der Waals surface area contributed by atoms with E-state index in [1.165, 1.54) is 26.0 Å². The summed E-state index contributed by atoms with van der Waals surface area (Å²) in [5, 5.41) is 5.61. The van der Waals surface area contributed by atoms with Gasteiger partial charge >= 0.3 is 0 Å². The molecule has 7 nitrogen and oxygen atoms in total. The predicted octanol–water partition coefficient (Wildman–Crippen LogP) is 0.252. The Morgan fingerprint density at radius 3 is 2.67 bits per heavy atom. The van der Waals surface area contributed by atoms with E-state index in [2.05, 4.69) is 10.6 Å². The molecular formula is C19H25FN4O3. The number of amides is 3. The van der Waals surface area contributed by atoms with Gasteiger partial charge in [0.1, 0.15) is 11.9 Å². The number of halogens is 1. The van der Waals surface area contributed by atoms with Crippen molar-refractivity contribution < 1.29 is 18.8 Å². The Morgan fingerprint density at radius 1 is 1.22 bits per heavy atom. The van der Waals surface area contributed by atoms with Crippen LogP contribution in [0.2, 0.25) is 0 Å². The molecule has 0 aromatic heterocycles. The van der Waals surface area contributed by atoms with Gasteiger partial charge in [-0.2, -0.15) is 0 Å². The van der Waals surface area contributed by atoms with Crippen LogP contribution in [0.25, 0.3) is 0 Å². The molecule has 0 spiro atoms. The van der Waals surface area contributed by atoms with E-state index in [0.717, 1.165) is 5.56 Å². The molecule has 2 fully saturated rings. The maximum atomic E-state index is 13.5. The first kappa shape index (κ1) is 19.3. The van der Waals surface area contributed by atoms with Crippen molar-refractivity contribution in [1.82, 2.24) is 20.4 Å². The molecule has 0 unspecified atom stereocenters. The molecule has 2 heterocycles. The van der Waals surface area contributed by atoms with Crippen LogP contribution in [0.5, 0.6) is 0 Å². The third-order valence-electron chi connectivity index (χ3n) is 5.10. The lowest BCUT2D eigenvalue weighted by molar-refractivity contribution is -0.144. The summed E-state index contributed by atoms with van der Waals surface area (Å²) in [5.41, 5.74) is 0.778. The Labute approximate surface area is 157 Å². The van der Waals surface area contributed by atoms with Crippen molar-refractivity contribution in [3.8, 4) is 0 Å². The number of fused-ring (bicyclic) bond motifs is 1. The van der Waals surface area contributed by atoms with Crippen molar-refractivity contribution in [1.29, 1.82) is 0 Å². The number of carbonyl (C=O) groups excluding carboxylic acids is 3. The first-order chi connectivity index (χ1) is 12.8. The average molecular weight is 376 g/mol. The molecule has 8 heteroatoms. The SMILES string of the molecule is CC(=O)NC[C@H]1C(=O)N2C[C@@H](NC(C)=O)C[C@H]2CN1Cc1cccc(F)c1. The van der Waals surface area contributed by atoms with Crippen molar-refractivity contribution in [3.63, 3.8) is 0 Å². The summed E-state index contributed by atoms with van der Waals surface area (Å²) in [5.74, 6) is -0.696. The molecule has 0 saturated carbocycles.